The SMILES string of the molecule is CCc1ccc(CC(N)CCCOC)s1. The lowest BCUT2D eigenvalue weighted by Gasteiger charge is -2.09. The van der Waals surface area contributed by atoms with Crippen LogP contribution in [0.2, 0.25) is 0 Å². The van der Waals surface area contributed by atoms with Gasteiger partial charge in [0, 0.05) is 29.5 Å². The third kappa shape index (κ3) is 4.78. The maximum absolute atomic E-state index is 6.05. The van der Waals surface area contributed by atoms with Crippen LogP contribution in [0, 0.1) is 0 Å². The standard InChI is InChI=1S/C12H21NOS/c1-3-11-6-7-12(15-11)9-10(13)5-4-8-14-2/h6-7,10H,3-5,8-9,13H2,1-2H3. The fourth-order valence-corrected chi connectivity index (χ4v) is 2.62. The molecule has 86 valence electrons. The zero-order chi connectivity index (χ0) is 11.1. The Bertz CT molecular complexity index is 272. The summed E-state index contributed by atoms with van der Waals surface area (Å²) < 4.78 is 5.01. The third-order valence-electron chi connectivity index (χ3n) is 2.45. The average molecular weight is 227 g/mol. The number of thiophene rings is 1. The van der Waals surface area contributed by atoms with Crippen molar-refractivity contribution in [1.82, 2.24) is 0 Å². The molecule has 0 aliphatic carbocycles. The lowest BCUT2D eigenvalue weighted by Crippen LogP contribution is -2.22. The first-order valence-electron chi connectivity index (χ1n) is 5.58. The second-order valence-electron chi connectivity index (χ2n) is 3.82. The van der Waals surface area contributed by atoms with Gasteiger partial charge in [0.15, 0.2) is 0 Å². The van der Waals surface area contributed by atoms with Gasteiger partial charge in [-0.1, -0.05) is 6.92 Å². The molecule has 0 aromatic carbocycles. The molecule has 1 aromatic rings. The molecule has 0 saturated carbocycles. The molecular formula is C12H21NOS. The molecule has 0 aliphatic rings. The fraction of sp³-hybridized carbons (Fsp3) is 0.667. The Kier molecular flexibility index (Phi) is 5.91. The van der Waals surface area contributed by atoms with Crippen LogP contribution in [0.1, 0.15) is 29.5 Å². The molecule has 1 heterocycles. The first-order valence-corrected chi connectivity index (χ1v) is 6.40. The van der Waals surface area contributed by atoms with Gasteiger partial charge in [0.2, 0.25) is 0 Å². The van der Waals surface area contributed by atoms with Gasteiger partial charge in [0.1, 0.15) is 0 Å². The zero-order valence-electron chi connectivity index (χ0n) is 9.66. The quantitative estimate of drug-likeness (QED) is 0.727. The minimum atomic E-state index is 0.281. The molecule has 1 unspecified atom stereocenters. The van der Waals surface area contributed by atoms with E-state index in [1.807, 2.05) is 11.3 Å². The topological polar surface area (TPSA) is 35.2 Å². The van der Waals surface area contributed by atoms with Crippen LogP contribution >= 0.6 is 11.3 Å². The molecule has 3 heteroatoms. The Morgan fingerprint density at radius 3 is 2.73 bits per heavy atom. The van der Waals surface area contributed by atoms with Crippen LogP contribution in [0.25, 0.3) is 0 Å². The van der Waals surface area contributed by atoms with Gasteiger partial charge in [-0.2, -0.15) is 0 Å². The summed E-state index contributed by atoms with van der Waals surface area (Å²) in [5, 5.41) is 0. The van der Waals surface area contributed by atoms with Crippen LogP contribution in [-0.4, -0.2) is 19.8 Å². The van der Waals surface area contributed by atoms with E-state index in [2.05, 4.69) is 19.1 Å². The summed E-state index contributed by atoms with van der Waals surface area (Å²) in [6, 6.07) is 4.70. The van der Waals surface area contributed by atoms with E-state index < -0.39 is 0 Å². The minimum absolute atomic E-state index is 0.281. The molecule has 1 aromatic heterocycles. The number of aryl methyl sites for hydroxylation is 1. The summed E-state index contributed by atoms with van der Waals surface area (Å²) in [7, 11) is 1.73. The van der Waals surface area contributed by atoms with Gasteiger partial charge in [-0.3, -0.25) is 0 Å². The second kappa shape index (κ2) is 6.99. The summed E-state index contributed by atoms with van der Waals surface area (Å²) in [4.78, 5) is 2.87. The van der Waals surface area contributed by atoms with Gasteiger partial charge >= 0.3 is 0 Å². The summed E-state index contributed by atoms with van der Waals surface area (Å²) in [6.45, 7) is 3.01. The van der Waals surface area contributed by atoms with Crippen molar-refractivity contribution in [3.63, 3.8) is 0 Å². The summed E-state index contributed by atoms with van der Waals surface area (Å²) in [5.74, 6) is 0. The Labute approximate surface area is 96.4 Å². The fourth-order valence-electron chi connectivity index (χ4n) is 1.57. The van der Waals surface area contributed by atoms with E-state index >= 15 is 0 Å². The van der Waals surface area contributed by atoms with Crippen molar-refractivity contribution < 1.29 is 4.74 Å². The molecule has 1 rings (SSSR count). The van der Waals surface area contributed by atoms with Crippen LogP contribution in [0.5, 0.6) is 0 Å². The van der Waals surface area contributed by atoms with E-state index in [4.69, 9.17) is 10.5 Å². The van der Waals surface area contributed by atoms with Crippen molar-refractivity contribution in [2.45, 2.75) is 38.6 Å². The number of nitrogens with two attached hydrogens (primary N) is 1. The largest absolute Gasteiger partial charge is 0.385 e. The maximum atomic E-state index is 6.05. The molecule has 0 aliphatic heterocycles. The molecule has 0 saturated heterocycles. The third-order valence-corrected chi connectivity index (χ3v) is 3.70. The van der Waals surface area contributed by atoms with Gasteiger partial charge in [0.25, 0.3) is 0 Å². The monoisotopic (exact) mass is 227 g/mol. The van der Waals surface area contributed by atoms with Crippen molar-refractivity contribution in [2.75, 3.05) is 13.7 Å². The highest BCUT2D eigenvalue weighted by atomic mass is 32.1. The maximum Gasteiger partial charge on any atom is 0.0462 e. The normalized spacial score (nSPS) is 13.0. The molecular weight excluding hydrogens is 206 g/mol. The van der Waals surface area contributed by atoms with Crippen LogP contribution in [-0.2, 0) is 17.6 Å². The number of rotatable bonds is 7. The smallest absolute Gasteiger partial charge is 0.0462 e. The molecule has 0 spiro atoms. The highest BCUT2D eigenvalue weighted by molar-refractivity contribution is 7.11. The predicted molar refractivity (Wildman–Crippen MR) is 66.5 cm³/mol. The highest BCUT2D eigenvalue weighted by Gasteiger charge is 2.06. The van der Waals surface area contributed by atoms with E-state index in [0.717, 1.165) is 32.3 Å². The van der Waals surface area contributed by atoms with E-state index in [9.17, 15) is 0 Å². The van der Waals surface area contributed by atoms with Crippen LogP contribution in [0.15, 0.2) is 12.1 Å². The number of ether oxygens (including phenoxy) is 1. The van der Waals surface area contributed by atoms with E-state index in [-0.39, 0.29) is 6.04 Å². The Morgan fingerprint density at radius 1 is 1.40 bits per heavy atom. The molecule has 0 amide bonds. The van der Waals surface area contributed by atoms with Crippen molar-refractivity contribution in [2.24, 2.45) is 5.73 Å². The van der Waals surface area contributed by atoms with Gasteiger partial charge in [-0.25, -0.2) is 0 Å². The van der Waals surface area contributed by atoms with Crippen molar-refractivity contribution in [3.8, 4) is 0 Å². The molecule has 1 atom stereocenters. The van der Waals surface area contributed by atoms with Crippen molar-refractivity contribution in [3.05, 3.63) is 21.9 Å². The van der Waals surface area contributed by atoms with Crippen LogP contribution in [0.3, 0.4) is 0 Å². The summed E-state index contributed by atoms with van der Waals surface area (Å²) in [5.41, 5.74) is 6.05. The number of hydrogen-bond donors (Lipinski definition) is 1. The van der Waals surface area contributed by atoms with Crippen molar-refractivity contribution in [1.29, 1.82) is 0 Å². The van der Waals surface area contributed by atoms with Gasteiger partial charge in [-0.15, -0.1) is 11.3 Å². The number of methoxy groups -OCH3 is 1. The molecule has 0 radical (unpaired) electrons. The number of hydrogen-bond acceptors (Lipinski definition) is 3. The molecule has 0 fully saturated rings. The van der Waals surface area contributed by atoms with E-state index in [1.165, 1.54) is 9.75 Å². The van der Waals surface area contributed by atoms with Gasteiger partial charge < -0.3 is 10.5 Å². The van der Waals surface area contributed by atoms with Gasteiger partial charge in [-0.05, 0) is 37.8 Å². The molecule has 15 heavy (non-hydrogen) atoms. The Morgan fingerprint density at radius 2 is 2.13 bits per heavy atom. The average Bonchev–Trinajstić information content (AvgIpc) is 2.66. The molecule has 0 bridgehead atoms. The molecule has 2 N–H and O–H groups in total. The lowest BCUT2D eigenvalue weighted by atomic mass is 10.1. The molecule has 2 nitrogen and oxygen atoms in total. The first kappa shape index (κ1) is 12.7. The lowest BCUT2D eigenvalue weighted by molar-refractivity contribution is 0.190. The second-order valence-corrected chi connectivity index (χ2v) is 5.07. The van der Waals surface area contributed by atoms with Gasteiger partial charge in [0.05, 0.1) is 0 Å². The zero-order valence-corrected chi connectivity index (χ0v) is 10.5. The minimum Gasteiger partial charge on any atom is -0.385 e. The van der Waals surface area contributed by atoms with Crippen molar-refractivity contribution >= 4 is 11.3 Å². The Balaban J connectivity index is 2.27. The summed E-state index contributed by atoms with van der Waals surface area (Å²) >= 11 is 1.89. The van der Waals surface area contributed by atoms with E-state index in [1.54, 1.807) is 7.11 Å². The summed E-state index contributed by atoms with van der Waals surface area (Å²) in [6.07, 6.45) is 4.24. The van der Waals surface area contributed by atoms with Crippen LogP contribution in [0.4, 0.5) is 0 Å². The van der Waals surface area contributed by atoms with E-state index in [0.29, 0.717) is 0 Å². The highest BCUT2D eigenvalue weighted by Crippen LogP contribution is 2.18. The predicted octanol–water partition coefficient (Wildman–Crippen LogP) is 2.61. The first-order chi connectivity index (χ1) is 7.26. The Hall–Kier alpha value is -0.380. The van der Waals surface area contributed by atoms with Crippen LogP contribution < -0.4 is 5.73 Å².